The van der Waals surface area contributed by atoms with E-state index in [2.05, 4.69) is 15.3 Å². The molecule has 0 radical (unpaired) electrons. The van der Waals surface area contributed by atoms with Gasteiger partial charge in [0.15, 0.2) is 0 Å². The van der Waals surface area contributed by atoms with E-state index in [0.717, 1.165) is 12.8 Å². The zero-order valence-electron chi connectivity index (χ0n) is 7.59. The highest BCUT2D eigenvalue weighted by atomic mass is 16.8. The van der Waals surface area contributed by atoms with Gasteiger partial charge in [0, 0.05) is 12.4 Å². The average Bonchev–Trinajstić information content (AvgIpc) is 2.18. The van der Waals surface area contributed by atoms with Crippen LogP contribution >= 0.6 is 0 Å². The number of hydroxylamine groups is 1. The molecule has 1 rings (SSSR count). The minimum absolute atomic E-state index is 0.253. The summed E-state index contributed by atoms with van der Waals surface area (Å²) in [5, 5.41) is 8.11. The van der Waals surface area contributed by atoms with Gasteiger partial charge < -0.3 is 9.94 Å². The van der Waals surface area contributed by atoms with Gasteiger partial charge in [0.2, 0.25) is 0 Å². The lowest BCUT2D eigenvalue weighted by molar-refractivity contribution is 0.0613. The molecule has 0 saturated heterocycles. The monoisotopic (exact) mass is 196 g/mol. The Kier molecular flexibility index (Phi) is 4.26. The van der Waals surface area contributed by atoms with Gasteiger partial charge in [-0.1, -0.05) is 12.2 Å². The molecule has 0 bridgehead atoms. The van der Waals surface area contributed by atoms with E-state index in [-0.39, 0.29) is 6.04 Å². The number of rotatable bonds is 4. The summed E-state index contributed by atoms with van der Waals surface area (Å²) < 4.78 is 0. The van der Waals surface area contributed by atoms with E-state index < -0.39 is 6.16 Å². The molecule has 76 valence electrons. The van der Waals surface area contributed by atoms with Crippen LogP contribution in [-0.4, -0.2) is 23.5 Å². The predicted molar refractivity (Wildman–Crippen MR) is 52.0 cm³/mol. The Morgan fingerprint density at radius 1 is 1.79 bits per heavy atom. The topological polar surface area (TPSA) is 70.9 Å². The van der Waals surface area contributed by atoms with Crippen LogP contribution in [0.4, 0.5) is 4.79 Å². The summed E-state index contributed by atoms with van der Waals surface area (Å²) in [5.41, 5.74) is 2.17. The first kappa shape index (κ1) is 10.3. The summed E-state index contributed by atoms with van der Waals surface area (Å²) in [4.78, 5) is 18.2. The van der Waals surface area contributed by atoms with Crippen molar-refractivity contribution in [1.82, 2.24) is 5.48 Å². The van der Waals surface area contributed by atoms with Gasteiger partial charge in [-0.05, 0) is 18.9 Å². The summed E-state index contributed by atoms with van der Waals surface area (Å²) >= 11 is 0. The largest absolute Gasteiger partial charge is 0.530 e. The quantitative estimate of drug-likeness (QED) is 0.668. The Hall–Kier alpha value is -1.78. The molecule has 0 amide bonds. The molecule has 5 heteroatoms. The second kappa shape index (κ2) is 5.80. The molecule has 1 aliphatic heterocycles. The molecule has 1 aliphatic rings. The second-order valence-electron chi connectivity index (χ2n) is 2.74. The Morgan fingerprint density at radius 2 is 2.64 bits per heavy atom. The van der Waals surface area contributed by atoms with Crippen LogP contribution in [0.1, 0.15) is 12.8 Å². The second-order valence-corrected chi connectivity index (χ2v) is 2.74. The molecule has 0 aromatic carbocycles. The van der Waals surface area contributed by atoms with Gasteiger partial charge in [0.05, 0.1) is 6.04 Å². The van der Waals surface area contributed by atoms with E-state index in [1.165, 1.54) is 6.20 Å². The molecule has 2 N–H and O–H groups in total. The van der Waals surface area contributed by atoms with Crippen molar-refractivity contribution in [3.63, 3.8) is 0 Å². The van der Waals surface area contributed by atoms with Crippen molar-refractivity contribution in [1.29, 1.82) is 0 Å². The van der Waals surface area contributed by atoms with Gasteiger partial charge in [-0.3, -0.25) is 4.99 Å². The molecular formula is C9H12N2O3. The number of allylic oxidation sites excluding steroid dienone is 1. The van der Waals surface area contributed by atoms with Crippen LogP contribution in [0.25, 0.3) is 0 Å². The maximum Gasteiger partial charge on any atom is 0.530 e. The summed E-state index contributed by atoms with van der Waals surface area (Å²) in [5.74, 6) is 0. The lowest BCUT2D eigenvalue weighted by atomic mass is 10.1. The smallest absolute Gasteiger partial charge is 0.448 e. The van der Waals surface area contributed by atoms with Crippen LogP contribution in [0, 0.1) is 0 Å². The lowest BCUT2D eigenvalue weighted by Gasteiger charge is -2.08. The Bertz CT molecular complexity index is 271. The van der Waals surface area contributed by atoms with Crippen LogP contribution in [0.15, 0.2) is 29.4 Å². The Morgan fingerprint density at radius 3 is 3.29 bits per heavy atom. The number of carboxylic acid groups (broad SMARTS) is 1. The molecule has 1 unspecified atom stereocenters. The summed E-state index contributed by atoms with van der Waals surface area (Å²) in [7, 11) is 0. The number of nitrogens with zero attached hydrogens (tertiary/aromatic N) is 1. The van der Waals surface area contributed by atoms with E-state index in [1.54, 1.807) is 12.3 Å². The van der Waals surface area contributed by atoms with Crippen LogP contribution in [0.5, 0.6) is 0 Å². The van der Waals surface area contributed by atoms with Crippen molar-refractivity contribution in [2.24, 2.45) is 4.99 Å². The van der Waals surface area contributed by atoms with Crippen molar-refractivity contribution in [3.8, 4) is 0 Å². The van der Waals surface area contributed by atoms with Crippen LogP contribution in [0.3, 0.4) is 0 Å². The number of nitrogens with one attached hydrogen (secondary N) is 1. The average molecular weight is 196 g/mol. The third-order valence-corrected chi connectivity index (χ3v) is 1.67. The Balaban J connectivity index is 2.10. The highest BCUT2D eigenvalue weighted by molar-refractivity contribution is 5.72. The highest BCUT2D eigenvalue weighted by Gasteiger charge is 2.02. The zero-order valence-corrected chi connectivity index (χ0v) is 7.59. The molecule has 14 heavy (non-hydrogen) atoms. The lowest BCUT2D eigenvalue weighted by Crippen LogP contribution is -2.12. The standard InChI is InChI=1S/C9H12N2O3/c12-9(13)14-11-7-3-5-8-4-1-2-6-10-8/h1-3,6-8,11H,4-5H2,(H,12,13). The van der Waals surface area contributed by atoms with E-state index in [1.807, 2.05) is 12.2 Å². The van der Waals surface area contributed by atoms with E-state index in [9.17, 15) is 4.79 Å². The summed E-state index contributed by atoms with van der Waals surface area (Å²) in [6, 6.07) is 0.253. The SMILES string of the molecule is O=C(O)ONC=CCC1CC=CC=N1. The third-order valence-electron chi connectivity index (χ3n) is 1.67. The van der Waals surface area contributed by atoms with Gasteiger partial charge in [0.25, 0.3) is 0 Å². The first-order valence-corrected chi connectivity index (χ1v) is 4.27. The van der Waals surface area contributed by atoms with Gasteiger partial charge in [-0.2, -0.15) is 0 Å². The first-order chi connectivity index (χ1) is 6.79. The first-order valence-electron chi connectivity index (χ1n) is 4.27. The summed E-state index contributed by atoms with van der Waals surface area (Å²) in [6.45, 7) is 0. The van der Waals surface area contributed by atoms with Crippen LogP contribution in [-0.2, 0) is 4.84 Å². The van der Waals surface area contributed by atoms with Crippen molar-refractivity contribution in [2.45, 2.75) is 18.9 Å². The minimum atomic E-state index is -1.35. The maximum atomic E-state index is 9.91. The minimum Gasteiger partial charge on any atom is -0.448 e. The molecule has 0 aromatic rings. The van der Waals surface area contributed by atoms with Crippen molar-refractivity contribution in [3.05, 3.63) is 24.4 Å². The molecule has 1 atom stereocenters. The number of carbonyl (C=O) groups is 1. The number of hydrogen-bond donors (Lipinski definition) is 2. The van der Waals surface area contributed by atoms with E-state index in [4.69, 9.17) is 5.11 Å². The molecule has 0 aliphatic carbocycles. The van der Waals surface area contributed by atoms with Gasteiger partial charge in [-0.15, -0.1) is 0 Å². The van der Waals surface area contributed by atoms with Crippen LogP contribution in [0.2, 0.25) is 0 Å². The molecule has 1 heterocycles. The predicted octanol–water partition coefficient (Wildman–Crippen LogP) is 1.49. The molecule has 0 fully saturated rings. The number of aliphatic imine (C=N–C) groups is 1. The summed E-state index contributed by atoms with van der Waals surface area (Å²) in [6.07, 6.45) is 9.28. The molecule has 0 saturated carbocycles. The fourth-order valence-corrected chi connectivity index (χ4v) is 1.04. The Labute approximate surface area is 81.7 Å². The normalized spacial score (nSPS) is 19.9. The fraction of sp³-hybridized carbons (Fsp3) is 0.333. The molecular weight excluding hydrogens is 184 g/mol. The fourth-order valence-electron chi connectivity index (χ4n) is 1.04. The molecule has 5 nitrogen and oxygen atoms in total. The van der Waals surface area contributed by atoms with Gasteiger partial charge in [0.1, 0.15) is 0 Å². The van der Waals surface area contributed by atoms with E-state index >= 15 is 0 Å². The van der Waals surface area contributed by atoms with Crippen molar-refractivity contribution < 1.29 is 14.7 Å². The zero-order chi connectivity index (χ0) is 10.2. The third kappa shape index (κ3) is 4.30. The highest BCUT2D eigenvalue weighted by Crippen LogP contribution is 2.07. The van der Waals surface area contributed by atoms with Gasteiger partial charge in [-0.25, -0.2) is 10.3 Å². The maximum absolute atomic E-state index is 9.91. The van der Waals surface area contributed by atoms with Crippen LogP contribution < -0.4 is 5.48 Å². The number of dihydropyridines is 1. The molecule has 0 spiro atoms. The van der Waals surface area contributed by atoms with E-state index in [0.29, 0.717) is 0 Å². The molecule has 0 aromatic heterocycles. The van der Waals surface area contributed by atoms with Crippen molar-refractivity contribution >= 4 is 12.4 Å². The van der Waals surface area contributed by atoms with Gasteiger partial charge >= 0.3 is 6.16 Å². The van der Waals surface area contributed by atoms with Crippen molar-refractivity contribution in [2.75, 3.05) is 0 Å². The number of hydrogen-bond acceptors (Lipinski definition) is 4.